The molecule has 1 unspecified atom stereocenters. The van der Waals surface area contributed by atoms with Crippen LogP contribution in [0.2, 0.25) is 5.02 Å². The quantitative estimate of drug-likeness (QED) is 0.432. The van der Waals surface area contributed by atoms with Crippen LogP contribution in [0.15, 0.2) is 58.3 Å². The first kappa shape index (κ1) is 29.2. The first-order valence-corrected chi connectivity index (χ1v) is 15.6. The van der Waals surface area contributed by atoms with Crippen LogP contribution >= 0.6 is 11.6 Å². The third-order valence-electron chi connectivity index (χ3n) is 6.95. The summed E-state index contributed by atoms with van der Waals surface area (Å²) in [5, 5.41) is 14.1. The molecule has 0 saturated carbocycles. The lowest BCUT2D eigenvalue weighted by atomic mass is 9.88. The molecule has 0 radical (unpaired) electrons. The monoisotopic (exact) mass is 587 g/mol. The summed E-state index contributed by atoms with van der Waals surface area (Å²) >= 11 is 5.98. The second-order valence-electron chi connectivity index (χ2n) is 9.89. The number of piperidine rings is 1. The third kappa shape index (κ3) is 6.68. The molecule has 13 heteroatoms. The Morgan fingerprint density at radius 2 is 1.82 bits per heavy atom. The second kappa shape index (κ2) is 11.8. The first-order valence-electron chi connectivity index (χ1n) is 12.4. The number of hydrogen-bond donors (Lipinski definition) is 2. The van der Waals surface area contributed by atoms with Gasteiger partial charge in [0.05, 0.1) is 22.0 Å². The third-order valence-corrected chi connectivity index (χ3v) is 10.9. The largest absolute Gasteiger partial charge is 0.491 e. The van der Waals surface area contributed by atoms with Crippen LogP contribution in [0.25, 0.3) is 0 Å². The molecule has 2 fully saturated rings. The molecule has 0 amide bonds. The van der Waals surface area contributed by atoms with Crippen LogP contribution in [0.4, 0.5) is 0 Å². The summed E-state index contributed by atoms with van der Waals surface area (Å²) in [5.74, 6) is 0.356. The Morgan fingerprint density at radius 1 is 1.13 bits per heavy atom. The highest BCUT2D eigenvalue weighted by Crippen LogP contribution is 2.37. The molecular weight excluding hydrogens is 554 g/mol. The first-order chi connectivity index (χ1) is 17.9. The van der Waals surface area contributed by atoms with Gasteiger partial charge >= 0.3 is 0 Å². The van der Waals surface area contributed by atoms with Crippen LogP contribution in [0.1, 0.15) is 19.3 Å². The summed E-state index contributed by atoms with van der Waals surface area (Å²) in [6.45, 7) is 1.46. The van der Waals surface area contributed by atoms with Crippen LogP contribution in [0.5, 0.6) is 5.75 Å². The minimum atomic E-state index is -3.62. The maximum atomic E-state index is 13.0. The van der Waals surface area contributed by atoms with E-state index in [9.17, 15) is 21.9 Å². The van der Waals surface area contributed by atoms with Gasteiger partial charge in [0, 0.05) is 50.9 Å². The smallest absolute Gasteiger partial charge is 0.243 e. The lowest BCUT2D eigenvalue weighted by molar-refractivity contribution is -0.0312. The van der Waals surface area contributed by atoms with Gasteiger partial charge in [0.25, 0.3) is 0 Å². The van der Waals surface area contributed by atoms with Gasteiger partial charge in [-0.1, -0.05) is 23.7 Å². The SMILES string of the molecule is CN(C)S(=O)(=O)c1cccc(OC[C@@H](O)CNC2COC3(CCN(S(=O)(=O)c4cccc(Cl)c4)CC3)C2)c1. The summed E-state index contributed by atoms with van der Waals surface area (Å²) < 4.78 is 64.9. The van der Waals surface area contributed by atoms with E-state index in [1.54, 1.807) is 30.3 Å². The standard InChI is InChI=1S/C25H34ClN3O7S2/c1-28(2)37(31,32)24-8-4-6-22(14-24)35-18-21(30)16-27-20-15-25(36-17-20)9-11-29(12-10-25)38(33,34)23-7-3-5-19(26)13-23/h3-8,13-14,20-21,27,30H,9-12,15-18H2,1-2H3/t20?,21-/m0/s1. The fourth-order valence-electron chi connectivity index (χ4n) is 4.72. The van der Waals surface area contributed by atoms with Crippen LogP contribution in [0, 0.1) is 0 Å². The molecular formula is C25H34ClN3O7S2. The molecule has 1 spiro atoms. The molecule has 2 aliphatic rings. The molecule has 10 nitrogen and oxygen atoms in total. The van der Waals surface area contributed by atoms with Crippen molar-refractivity contribution >= 4 is 31.6 Å². The van der Waals surface area contributed by atoms with Crippen LogP contribution in [0.3, 0.4) is 0 Å². The molecule has 0 aliphatic carbocycles. The van der Waals surface area contributed by atoms with E-state index in [0.29, 0.717) is 43.3 Å². The summed E-state index contributed by atoms with van der Waals surface area (Å²) in [5.41, 5.74) is -0.391. The van der Waals surface area contributed by atoms with Gasteiger partial charge in [0.15, 0.2) is 0 Å². The van der Waals surface area contributed by atoms with Gasteiger partial charge in [-0.3, -0.25) is 0 Å². The summed E-state index contributed by atoms with van der Waals surface area (Å²) in [6.07, 6.45) is 1.08. The molecule has 2 saturated heterocycles. The van der Waals surface area contributed by atoms with Gasteiger partial charge in [-0.2, -0.15) is 4.31 Å². The minimum Gasteiger partial charge on any atom is -0.491 e. The number of aliphatic hydroxyl groups is 1. The highest BCUT2D eigenvalue weighted by Gasteiger charge is 2.44. The van der Waals surface area contributed by atoms with Crippen molar-refractivity contribution in [2.45, 2.75) is 46.8 Å². The Labute approximate surface area is 229 Å². The van der Waals surface area contributed by atoms with Crippen molar-refractivity contribution in [1.82, 2.24) is 13.9 Å². The van der Waals surface area contributed by atoms with Gasteiger partial charge in [0.1, 0.15) is 18.5 Å². The van der Waals surface area contributed by atoms with Crippen molar-refractivity contribution in [2.24, 2.45) is 0 Å². The van der Waals surface area contributed by atoms with Crippen LogP contribution in [-0.2, 0) is 24.8 Å². The number of ether oxygens (including phenoxy) is 2. The molecule has 4 rings (SSSR count). The Hall–Kier alpha value is -1.77. The number of benzene rings is 2. The molecule has 38 heavy (non-hydrogen) atoms. The van der Waals surface area contributed by atoms with E-state index in [4.69, 9.17) is 21.1 Å². The number of aliphatic hydroxyl groups excluding tert-OH is 1. The molecule has 2 atom stereocenters. The van der Waals surface area contributed by atoms with Crippen molar-refractivity contribution < 1.29 is 31.4 Å². The lowest BCUT2D eigenvalue weighted by Gasteiger charge is -2.38. The number of nitrogens with zero attached hydrogens (tertiary/aromatic N) is 2. The van der Waals surface area contributed by atoms with E-state index < -0.39 is 31.8 Å². The number of halogens is 1. The Balaban J connectivity index is 1.23. The molecule has 2 N–H and O–H groups in total. The van der Waals surface area contributed by atoms with Gasteiger partial charge in [-0.25, -0.2) is 21.1 Å². The van der Waals surface area contributed by atoms with E-state index in [0.717, 1.165) is 10.7 Å². The summed E-state index contributed by atoms with van der Waals surface area (Å²) in [6, 6.07) is 12.5. The van der Waals surface area contributed by atoms with Gasteiger partial charge in [-0.15, -0.1) is 0 Å². The van der Waals surface area contributed by atoms with Crippen molar-refractivity contribution in [3.63, 3.8) is 0 Å². The fraction of sp³-hybridized carbons (Fsp3) is 0.520. The second-order valence-corrected chi connectivity index (χ2v) is 14.4. The van der Waals surface area contributed by atoms with Crippen LogP contribution in [-0.4, -0.2) is 95.2 Å². The molecule has 2 aromatic carbocycles. The summed E-state index contributed by atoms with van der Waals surface area (Å²) in [7, 11) is -4.27. The van der Waals surface area contributed by atoms with Crippen molar-refractivity contribution in [1.29, 1.82) is 0 Å². The molecule has 2 heterocycles. The number of sulfonamides is 2. The van der Waals surface area contributed by atoms with E-state index in [-0.39, 0.29) is 29.0 Å². The van der Waals surface area contributed by atoms with Crippen molar-refractivity contribution in [3.05, 3.63) is 53.6 Å². The zero-order valence-corrected chi connectivity index (χ0v) is 23.8. The van der Waals surface area contributed by atoms with E-state index in [1.165, 1.54) is 36.6 Å². The molecule has 2 aliphatic heterocycles. The van der Waals surface area contributed by atoms with Gasteiger partial charge < -0.3 is 19.9 Å². The zero-order valence-electron chi connectivity index (χ0n) is 21.4. The fourth-order valence-corrected chi connectivity index (χ4v) is 7.40. The van der Waals surface area contributed by atoms with Crippen molar-refractivity contribution in [2.75, 3.05) is 46.9 Å². The predicted octanol–water partition coefficient (Wildman–Crippen LogP) is 1.93. The van der Waals surface area contributed by atoms with Crippen LogP contribution < -0.4 is 10.1 Å². The highest BCUT2D eigenvalue weighted by atomic mass is 35.5. The number of rotatable bonds is 10. The average molecular weight is 588 g/mol. The average Bonchev–Trinajstić information content (AvgIpc) is 3.28. The maximum Gasteiger partial charge on any atom is 0.243 e. The highest BCUT2D eigenvalue weighted by molar-refractivity contribution is 7.89. The number of hydrogen-bond acceptors (Lipinski definition) is 8. The van der Waals surface area contributed by atoms with Gasteiger partial charge in [-0.05, 0) is 49.6 Å². The van der Waals surface area contributed by atoms with Crippen molar-refractivity contribution in [3.8, 4) is 5.75 Å². The Bertz CT molecular complexity index is 1330. The van der Waals surface area contributed by atoms with E-state index in [1.807, 2.05) is 0 Å². The molecule has 0 bridgehead atoms. The lowest BCUT2D eigenvalue weighted by Crippen LogP contribution is -2.47. The minimum absolute atomic E-state index is 0.00644. The Kier molecular flexibility index (Phi) is 9.05. The summed E-state index contributed by atoms with van der Waals surface area (Å²) in [4.78, 5) is 0.308. The Morgan fingerprint density at radius 3 is 2.50 bits per heavy atom. The molecule has 210 valence electrons. The topological polar surface area (TPSA) is 125 Å². The number of nitrogens with one attached hydrogen (secondary N) is 1. The molecule has 0 aromatic heterocycles. The van der Waals surface area contributed by atoms with Gasteiger partial charge in [0.2, 0.25) is 20.0 Å². The van der Waals surface area contributed by atoms with E-state index >= 15 is 0 Å². The zero-order chi connectivity index (χ0) is 27.6. The van der Waals surface area contributed by atoms with E-state index in [2.05, 4.69) is 5.32 Å². The maximum absolute atomic E-state index is 13.0. The molecule has 2 aromatic rings. The normalized spacial score (nSPS) is 21.1. The predicted molar refractivity (Wildman–Crippen MR) is 143 cm³/mol.